The van der Waals surface area contributed by atoms with Crippen LogP contribution in [0.3, 0.4) is 0 Å². The van der Waals surface area contributed by atoms with Crippen molar-refractivity contribution in [1.82, 2.24) is 4.57 Å². The second-order valence-corrected chi connectivity index (χ2v) is 13.6. The van der Waals surface area contributed by atoms with Crippen molar-refractivity contribution in [3.63, 3.8) is 0 Å². The Bertz CT molecular complexity index is 3020. The van der Waals surface area contributed by atoms with E-state index in [1.54, 1.807) is 0 Å². The lowest BCUT2D eigenvalue weighted by Crippen LogP contribution is -1.93. The number of hydrogen-bond donors (Lipinski definition) is 0. The summed E-state index contributed by atoms with van der Waals surface area (Å²) in [7, 11) is 0. The zero-order valence-electron chi connectivity index (χ0n) is 27.8. The van der Waals surface area contributed by atoms with Crippen molar-refractivity contribution in [1.29, 1.82) is 0 Å². The van der Waals surface area contributed by atoms with Gasteiger partial charge in [0.15, 0.2) is 0 Å². The monoisotopic (exact) mass is 653 g/mol. The zero-order valence-corrected chi connectivity index (χ0v) is 27.8. The Hall–Kier alpha value is -6.58. The molecule has 3 heteroatoms. The molecule has 1 aliphatic carbocycles. The fourth-order valence-electron chi connectivity index (χ4n) is 8.18. The highest BCUT2D eigenvalue weighted by Gasteiger charge is 2.18. The largest absolute Gasteiger partial charge is 0.456 e. The van der Waals surface area contributed by atoms with Gasteiger partial charge in [0.2, 0.25) is 0 Å². The number of rotatable bonds is 4. The van der Waals surface area contributed by atoms with Crippen molar-refractivity contribution in [3.8, 4) is 39.1 Å². The molecule has 0 saturated heterocycles. The van der Waals surface area contributed by atoms with Crippen LogP contribution in [-0.2, 0) is 6.42 Å². The number of fused-ring (bicyclic) bond motifs is 9. The number of aryl methyl sites for hydroxylation is 1. The lowest BCUT2D eigenvalue weighted by Gasteiger charge is -2.10. The number of aromatic nitrogens is 1. The molecule has 3 heterocycles. The summed E-state index contributed by atoms with van der Waals surface area (Å²) in [5.41, 5.74) is 14.7. The third-order valence-electron chi connectivity index (χ3n) is 10.7. The molecule has 10 aromatic rings. The zero-order chi connectivity index (χ0) is 33.5. The number of nitrogens with zero attached hydrogens (tertiary/aromatic N) is 1. The van der Waals surface area contributed by atoms with E-state index in [1.165, 1.54) is 66.1 Å². The summed E-state index contributed by atoms with van der Waals surface area (Å²) >= 11 is 0. The molecular formula is C48H31NO2. The Morgan fingerprint density at radius 2 is 1.02 bits per heavy atom. The van der Waals surface area contributed by atoms with Crippen LogP contribution in [0.4, 0.5) is 0 Å². The summed E-state index contributed by atoms with van der Waals surface area (Å²) in [6.45, 7) is 0. The average Bonchev–Trinajstić information content (AvgIpc) is 3.86. The topological polar surface area (TPSA) is 31.2 Å². The molecule has 0 spiro atoms. The molecule has 0 N–H and O–H groups in total. The number of allylic oxidation sites excluding steroid dienone is 1. The highest BCUT2D eigenvalue weighted by Crippen LogP contribution is 2.39. The molecule has 0 fully saturated rings. The van der Waals surface area contributed by atoms with Crippen LogP contribution >= 0.6 is 0 Å². The van der Waals surface area contributed by atoms with Crippen LogP contribution in [0.1, 0.15) is 17.7 Å². The Balaban J connectivity index is 1.03. The number of para-hydroxylation sites is 1. The Labute approximate surface area is 294 Å². The molecule has 51 heavy (non-hydrogen) atoms. The Kier molecular flexibility index (Phi) is 6.08. The van der Waals surface area contributed by atoms with E-state index in [9.17, 15) is 0 Å². The van der Waals surface area contributed by atoms with Gasteiger partial charge >= 0.3 is 0 Å². The second kappa shape index (κ2) is 11.0. The molecule has 240 valence electrons. The maximum absolute atomic E-state index is 6.32. The van der Waals surface area contributed by atoms with Crippen LogP contribution in [-0.4, -0.2) is 4.57 Å². The highest BCUT2D eigenvalue weighted by atomic mass is 16.3. The van der Waals surface area contributed by atoms with Gasteiger partial charge in [-0.05, 0) is 119 Å². The van der Waals surface area contributed by atoms with E-state index in [1.807, 2.05) is 0 Å². The quantitative estimate of drug-likeness (QED) is 0.189. The molecule has 0 amide bonds. The number of furan rings is 2. The van der Waals surface area contributed by atoms with E-state index in [-0.39, 0.29) is 0 Å². The lowest BCUT2D eigenvalue weighted by molar-refractivity contribution is 0.595. The minimum atomic E-state index is 0.894. The summed E-state index contributed by atoms with van der Waals surface area (Å²) in [5.74, 6) is 1.00. The smallest absolute Gasteiger partial charge is 0.135 e. The molecule has 0 radical (unpaired) electrons. The first-order chi connectivity index (χ1) is 25.2. The molecule has 3 aromatic heterocycles. The van der Waals surface area contributed by atoms with Crippen LogP contribution in [0, 0.1) is 0 Å². The molecular weight excluding hydrogens is 623 g/mol. The average molecular weight is 654 g/mol. The summed E-state index contributed by atoms with van der Waals surface area (Å²) in [5, 5.41) is 5.93. The normalized spacial score (nSPS) is 12.9. The molecule has 11 rings (SSSR count). The Morgan fingerprint density at radius 1 is 0.412 bits per heavy atom. The number of hydrogen-bond acceptors (Lipinski definition) is 2. The first-order valence-electron chi connectivity index (χ1n) is 17.6. The summed E-state index contributed by atoms with van der Waals surface area (Å²) in [6, 6.07) is 54.7. The van der Waals surface area contributed by atoms with Gasteiger partial charge in [-0.1, -0.05) is 91.0 Å². The molecule has 0 atom stereocenters. The molecule has 0 unspecified atom stereocenters. The predicted molar refractivity (Wildman–Crippen MR) is 211 cm³/mol. The van der Waals surface area contributed by atoms with Crippen molar-refractivity contribution in [2.24, 2.45) is 0 Å². The summed E-state index contributed by atoms with van der Waals surface area (Å²) in [4.78, 5) is 0. The maximum atomic E-state index is 6.32. The first kappa shape index (κ1) is 28.3. The van der Waals surface area contributed by atoms with Gasteiger partial charge in [-0.25, -0.2) is 0 Å². The Morgan fingerprint density at radius 3 is 1.86 bits per heavy atom. The van der Waals surface area contributed by atoms with Gasteiger partial charge in [0.1, 0.15) is 22.5 Å². The van der Waals surface area contributed by atoms with Crippen LogP contribution in [0.2, 0.25) is 0 Å². The van der Waals surface area contributed by atoms with Gasteiger partial charge in [0.25, 0.3) is 0 Å². The third-order valence-corrected chi connectivity index (χ3v) is 10.7. The summed E-state index contributed by atoms with van der Waals surface area (Å²) < 4.78 is 14.9. The van der Waals surface area contributed by atoms with Gasteiger partial charge in [-0.2, -0.15) is 0 Å². The van der Waals surface area contributed by atoms with Gasteiger partial charge in [-0.15, -0.1) is 0 Å². The second-order valence-electron chi connectivity index (χ2n) is 13.6. The van der Waals surface area contributed by atoms with E-state index in [4.69, 9.17) is 8.83 Å². The number of benzene rings is 7. The first-order valence-corrected chi connectivity index (χ1v) is 17.6. The molecule has 1 aliphatic rings. The molecule has 0 bridgehead atoms. The molecule has 0 saturated carbocycles. The van der Waals surface area contributed by atoms with Crippen molar-refractivity contribution in [3.05, 3.63) is 169 Å². The fourth-order valence-corrected chi connectivity index (χ4v) is 8.18. The van der Waals surface area contributed by atoms with Crippen LogP contribution in [0.5, 0.6) is 0 Å². The fraction of sp³-hybridized carbons (Fsp3) is 0.0417. The van der Waals surface area contributed by atoms with E-state index >= 15 is 0 Å². The van der Waals surface area contributed by atoms with Gasteiger partial charge < -0.3 is 13.4 Å². The minimum Gasteiger partial charge on any atom is -0.456 e. The predicted octanol–water partition coefficient (Wildman–Crippen LogP) is 13.4. The highest BCUT2D eigenvalue weighted by molar-refractivity contribution is 6.12. The lowest BCUT2D eigenvalue weighted by atomic mass is 9.95. The van der Waals surface area contributed by atoms with Crippen LogP contribution in [0.15, 0.2) is 167 Å². The van der Waals surface area contributed by atoms with Gasteiger partial charge in [-0.3, -0.25) is 0 Å². The maximum Gasteiger partial charge on any atom is 0.135 e. The SMILES string of the molecule is C1=Cc2oc3ccc(-c4cccc(-c5ccc6c(c5)c5ccccc5n6-c5ccc6oc7ccc(-c8ccccc8)cc7c6c5)c4)cc3c2CC1. The van der Waals surface area contributed by atoms with Crippen molar-refractivity contribution < 1.29 is 8.83 Å². The van der Waals surface area contributed by atoms with Crippen molar-refractivity contribution in [2.45, 2.75) is 12.8 Å². The van der Waals surface area contributed by atoms with E-state index in [2.05, 4.69) is 168 Å². The van der Waals surface area contributed by atoms with Crippen LogP contribution < -0.4 is 0 Å². The summed E-state index contributed by atoms with van der Waals surface area (Å²) in [6.07, 6.45) is 6.40. The van der Waals surface area contributed by atoms with Gasteiger partial charge in [0, 0.05) is 38.2 Å². The van der Waals surface area contributed by atoms with Gasteiger partial charge in [0.05, 0.1) is 11.0 Å². The molecule has 3 nitrogen and oxygen atoms in total. The van der Waals surface area contributed by atoms with E-state index in [0.29, 0.717) is 0 Å². The van der Waals surface area contributed by atoms with Crippen LogP contribution in [0.25, 0.3) is 99.9 Å². The van der Waals surface area contributed by atoms with Crippen molar-refractivity contribution >= 4 is 60.8 Å². The molecule has 0 aliphatic heterocycles. The van der Waals surface area contributed by atoms with Crippen molar-refractivity contribution in [2.75, 3.05) is 0 Å². The molecule has 7 aromatic carbocycles. The van der Waals surface area contributed by atoms with E-state index in [0.717, 1.165) is 51.8 Å². The minimum absolute atomic E-state index is 0.894. The third kappa shape index (κ3) is 4.45. The van der Waals surface area contributed by atoms with E-state index < -0.39 is 0 Å². The standard InChI is InChI=1S/C48H31NO2/c1-2-9-30(10-3-1)33-18-22-47-41(27-33)42-29-36(20-24-48(42)51-47)49-43-15-6-4-13-37(43)39-26-34(17-21-44(39)49)31-11-8-12-32(25-31)35-19-23-46-40(28-35)38-14-5-7-16-45(38)50-46/h1-4,6-13,15-29H,5,14H2.